The van der Waals surface area contributed by atoms with Crippen molar-refractivity contribution in [1.29, 1.82) is 0 Å². The minimum atomic E-state index is -4.41. The molecule has 0 saturated carbocycles. The molecule has 1 N–H and O–H groups in total. The van der Waals surface area contributed by atoms with E-state index >= 15 is 0 Å². The lowest BCUT2D eigenvalue weighted by Crippen LogP contribution is -2.52. The average Bonchev–Trinajstić information content (AvgIpc) is 2.79. The van der Waals surface area contributed by atoms with Gasteiger partial charge in [0.2, 0.25) is 5.95 Å². The van der Waals surface area contributed by atoms with Gasteiger partial charge in [0.15, 0.2) is 24.1 Å². The Morgan fingerprint density at radius 2 is 1.84 bits per heavy atom. The van der Waals surface area contributed by atoms with Crippen molar-refractivity contribution in [3.63, 3.8) is 0 Å². The number of alkyl halides is 3. The Balaban J connectivity index is 1.55. The molecular weight excluding hydrogens is 413 g/mol. The second kappa shape index (κ2) is 10.2. The quantitative estimate of drug-likeness (QED) is 0.548. The number of aromatic nitrogens is 2. The van der Waals surface area contributed by atoms with Crippen LogP contribution in [0, 0.1) is 0 Å². The predicted octanol–water partition coefficient (Wildman–Crippen LogP) is 2.32. The molecule has 0 unspecified atom stereocenters. The van der Waals surface area contributed by atoms with Crippen LogP contribution in [0.4, 0.5) is 19.1 Å². The number of benzene rings is 1. The highest BCUT2D eigenvalue weighted by atomic mass is 19.4. The standard InChI is InChI=1S/C20H25F3N6O2/c1-24-18(28-8-10-29(11-9-28)19-25-6-3-7-26-19)27-13-15-4-5-16(17(12-15)30-2)31-14-20(21,22)23/h3-7,12H,8-11,13-14H2,1-2H3,(H,24,27). The number of rotatable bonds is 6. The topological polar surface area (TPSA) is 75.1 Å². The summed E-state index contributed by atoms with van der Waals surface area (Å²) in [7, 11) is 3.10. The van der Waals surface area contributed by atoms with E-state index in [1.54, 1.807) is 37.6 Å². The third kappa shape index (κ3) is 6.37. The average molecular weight is 438 g/mol. The van der Waals surface area contributed by atoms with E-state index in [2.05, 4.69) is 30.1 Å². The van der Waals surface area contributed by atoms with Crippen LogP contribution in [-0.4, -0.2) is 73.9 Å². The van der Waals surface area contributed by atoms with Gasteiger partial charge in [0.25, 0.3) is 0 Å². The van der Waals surface area contributed by atoms with Crippen molar-refractivity contribution >= 4 is 11.9 Å². The second-order valence-corrected chi connectivity index (χ2v) is 6.81. The van der Waals surface area contributed by atoms with Gasteiger partial charge in [-0.3, -0.25) is 4.99 Å². The number of ether oxygens (including phenoxy) is 2. The van der Waals surface area contributed by atoms with Crippen LogP contribution in [0.25, 0.3) is 0 Å². The number of hydrogen-bond donors (Lipinski definition) is 1. The Kier molecular flexibility index (Phi) is 7.37. The molecule has 8 nitrogen and oxygen atoms in total. The molecule has 0 atom stereocenters. The van der Waals surface area contributed by atoms with E-state index in [1.165, 1.54) is 13.2 Å². The number of methoxy groups -OCH3 is 1. The zero-order valence-electron chi connectivity index (χ0n) is 17.4. The molecule has 1 aliphatic rings. The van der Waals surface area contributed by atoms with E-state index in [-0.39, 0.29) is 11.5 Å². The maximum Gasteiger partial charge on any atom is 0.422 e. The fourth-order valence-electron chi connectivity index (χ4n) is 3.19. The van der Waals surface area contributed by atoms with Crippen molar-refractivity contribution in [3.8, 4) is 11.5 Å². The Hall–Kier alpha value is -3.24. The molecule has 1 saturated heterocycles. The van der Waals surface area contributed by atoms with E-state index in [4.69, 9.17) is 9.47 Å². The van der Waals surface area contributed by atoms with Crippen molar-refractivity contribution in [2.75, 3.05) is 51.8 Å². The summed E-state index contributed by atoms with van der Waals surface area (Å²) in [5.41, 5.74) is 0.827. The molecule has 2 aromatic rings. The Bertz CT molecular complexity index is 871. The van der Waals surface area contributed by atoms with E-state index < -0.39 is 12.8 Å². The first-order valence-electron chi connectivity index (χ1n) is 9.73. The number of halogens is 3. The highest BCUT2D eigenvalue weighted by molar-refractivity contribution is 5.80. The normalized spacial score (nSPS) is 15.1. The van der Waals surface area contributed by atoms with E-state index in [0.29, 0.717) is 12.5 Å². The first-order chi connectivity index (χ1) is 14.9. The van der Waals surface area contributed by atoms with Crippen molar-refractivity contribution in [2.45, 2.75) is 12.7 Å². The zero-order chi connectivity index (χ0) is 22.3. The minimum Gasteiger partial charge on any atom is -0.493 e. The van der Waals surface area contributed by atoms with E-state index in [1.807, 2.05) is 0 Å². The van der Waals surface area contributed by atoms with Gasteiger partial charge in [-0.25, -0.2) is 9.97 Å². The summed E-state index contributed by atoms with van der Waals surface area (Å²) in [4.78, 5) is 17.2. The van der Waals surface area contributed by atoms with Crippen molar-refractivity contribution in [1.82, 2.24) is 20.2 Å². The Labute approximate surface area is 178 Å². The van der Waals surface area contributed by atoms with E-state index in [0.717, 1.165) is 37.7 Å². The molecule has 0 radical (unpaired) electrons. The largest absolute Gasteiger partial charge is 0.493 e. The van der Waals surface area contributed by atoms with Gasteiger partial charge in [0.1, 0.15) is 0 Å². The molecule has 2 heterocycles. The number of piperazine rings is 1. The van der Waals surface area contributed by atoms with Crippen LogP contribution in [0.2, 0.25) is 0 Å². The highest BCUT2D eigenvalue weighted by Crippen LogP contribution is 2.29. The highest BCUT2D eigenvalue weighted by Gasteiger charge is 2.29. The molecule has 11 heteroatoms. The third-order valence-electron chi connectivity index (χ3n) is 4.70. The summed E-state index contributed by atoms with van der Waals surface area (Å²) in [6.45, 7) is 2.11. The van der Waals surface area contributed by atoms with Gasteiger partial charge >= 0.3 is 6.18 Å². The summed E-state index contributed by atoms with van der Waals surface area (Å²) < 4.78 is 47.2. The number of aliphatic imine (C=N–C) groups is 1. The number of nitrogens with one attached hydrogen (secondary N) is 1. The summed E-state index contributed by atoms with van der Waals surface area (Å²) in [6.07, 6.45) is -0.958. The minimum absolute atomic E-state index is 0.0483. The van der Waals surface area contributed by atoms with Gasteiger partial charge in [0.05, 0.1) is 7.11 Å². The molecule has 0 spiro atoms. The number of guanidine groups is 1. The fraction of sp³-hybridized carbons (Fsp3) is 0.450. The maximum absolute atomic E-state index is 12.4. The van der Waals surface area contributed by atoms with Crippen LogP contribution < -0.4 is 19.7 Å². The summed E-state index contributed by atoms with van der Waals surface area (Å²) in [5, 5.41) is 3.29. The number of anilines is 1. The second-order valence-electron chi connectivity index (χ2n) is 6.81. The van der Waals surface area contributed by atoms with Crippen molar-refractivity contribution < 1.29 is 22.6 Å². The molecule has 0 bridgehead atoms. The maximum atomic E-state index is 12.4. The Morgan fingerprint density at radius 1 is 1.13 bits per heavy atom. The SMILES string of the molecule is CN=C(NCc1ccc(OCC(F)(F)F)c(OC)c1)N1CCN(c2ncccn2)CC1. The van der Waals surface area contributed by atoms with Gasteiger partial charge in [-0.2, -0.15) is 13.2 Å². The first-order valence-corrected chi connectivity index (χ1v) is 9.73. The molecule has 31 heavy (non-hydrogen) atoms. The van der Waals surface area contributed by atoms with Crippen LogP contribution >= 0.6 is 0 Å². The lowest BCUT2D eigenvalue weighted by molar-refractivity contribution is -0.153. The van der Waals surface area contributed by atoms with Crippen molar-refractivity contribution in [3.05, 3.63) is 42.2 Å². The molecule has 1 aliphatic heterocycles. The van der Waals surface area contributed by atoms with Gasteiger partial charge in [-0.15, -0.1) is 0 Å². The van der Waals surface area contributed by atoms with Crippen LogP contribution in [0.3, 0.4) is 0 Å². The zero-order valence-corrected chi connectivity index (χ0v) is 17.4. The first kappa shape index (κ1) is 22.4. The summed E-state index contributed by atoms with van der Waals surface area (Å²) in [6, 6.07) is 6.61. The van der Waals surface area contributed by atoms with Crippen LogP contribution in [-0.2, 0) is 6.54 Å². The van der Waals surface area contributed by atoms with Crippen LogP contribution in [0.1, 0.15) is 5.56 Å². The molecule has 1 fully saturated rings. The van der Waals surface area contributed by atoms with Crippen LogP contribution in [0.5, 0.6) is 11.5 Å². The summed E-state index contributed by atoms with van der Waals surface area (Å²) in [5.74, 6) is 1.75. The molecule has 3 rings (SSSR count). The third-order valence-corrected chi connectivity index (χ3v) is 4.70. The molecule has 0 aliphatic carbocycles. The molecule has 0 amide bonds. The smallest absolute Gasteiger partial charge is 0.422 e. The summed E-state index contributed by atoms with van der Waals surface area (Å²) >= 11 is 0. The molecular formula is C20H25F3N6O2. The monoisotopic (exact) mass is 438 g/mol. The molecule has 1 aromatic carbocycles. The lowest BCUT2D eigenvalue weighted by atomic mass is 10.2. The van der Waals surface area contributed by atoms with Gasteiger partial charge in [0, 0.05) is 52.2 Å². The van der Waals surface area contributed by atoms with Gasteiger partial charge in [-0.05, 0) is 23.8 Å². The molecule has 168 valence electrons. The predicted molar refractivity (Wildman–Crippen MR) is 111 cm³/mol. The van der Waals surface area contributed by atoms with E-state index in [9.17, 15) is 13.2 Å². The Morgan fingerprint density at radius 3 is 2.45 bits per heavy atom. The van der Waals surface area contributed by atoms with Gasteiger partial charge in [-0.1, -0.05) is 6.07 Å². The lowest BCUT2D eigenvalue weighted by Gasteiger charge is -2.36. The molecule has 1 aromatic heterocycles. The fourth-order valence-corrected chi connectivity index (χ4v) is 3.19. The number of nitrogens with zero attached hydrogens (tertiary/aromatic N) is 5. The van der Waals surface area contributed by atoms with Crippen LogP contribution in [0.15, 0.2) is 41.7 Å². The van der Waals surface area contributed by atoms with Crippen molar-refractivity contribution in [2.24, 2.45) is 4.99 Å². The van der Waals surface area contributed by atoms with Gasteiger partial charge < -0.3 is 24.6 Å². The number of hydrogen-bond acceptors (Lipinski definition) is 6.